The van der Waals surface area contributed by atoms with Gasteiger partial charge in [-0.2, -0.15) is 0 Å². The maximum atomic E-state index is 12.8. The Kier molecular flexibility index (Phi) is 5.70. The van der Waals surface area contributed by atoms with Crippen molar-refractivity contribution in [2.75, 3.05) is 25.0 Å². The first kappa shape index (κ1) is 15.9. The molecule has 1 aromatic carbocycles. The number of carbonyl (C=O) groups excluding carboxylic acids is 1. The molecule has 3 N–H and O–H groups in total. The van der Waals surface area contributed by atoms with Crippen LogP contribution < -0.4 is 11.1 Å². The first-order chi connectivity index (χ1) is 10.1. The van der Waals surface area contributed by atoms with E-state index < -0.39 is 0 Å². The number of amides is 1. The smallest absolute Gasteiger partial charge is 0.238 e. The van der Waals surface area contributed by atoms with Crippen molar-refractivity contribution in [2.45, 2.75) is 32.2 Å². The number of nitrogens with zero attached hydrogens (tertiary/aromatic N) is 1. The molecule has 4 nitrogen and oxygen atoms in total. The number of anilines is 1. The summed E-state index contributed by atoms with van der Waals surface area (Å²) in [6.45, 7) is 3.94. The van der Waals surface area contributed by atoms with Gasteiger partial charge in [-0.05, 0) is 56.1 Å². The molecule has 1 saturated carbocycles. The molecule has 0 aliphatic heterocycles. The molecule has 0 aromatic heterocycles. The van der Waals surface area contributed by atoms with E-state index >= 15 is 0 Å². The van der Waals surface area contributed by atoms with Crippen molar-refractivity contribution >= 4 is 11.6 Å². The Balaban J connectivity index is 1.91. The summed E-state index contributed by atoms with van der Waals surface area (Å²) >= 11 is 0. The first-order valence-corrected chi connectivity index (χ1v) is 7.63. The van der Waals surface area contributed by atoms with Gasteiger partial charge in [0.15, 0.2) is 0 Å². The number of carbonyl (C=O) groups is 1. The minimum atomic E-state index is -0.306. The van der Waals surface area contributed by atoms with Crippen LogP contribution in [0.1, 0.15) is 26.2 Å². The van der Waals surface area contributed by atoms with Crippen LogP contribution in [0.2, 0.25) is 0 Å². The highest BCUT2D eigenvalue weighted by Crippen LogP contribution is 2.29. The van der Waals surface area contributed by atoms with E-state index in [9.17, 15) is 9.18 Å². The fraction of sp³-hybridized carbons (Fsp3) is 0.562. The Morgan fingerprint density at radius 2 is 2.10 bits per heavy atom. The molecule has 1 aliphatic rings. The van der Waals surface area contributed by atoms with E-state index in [4.69, 9.17) is 5.73 Å². The molecule has 1 fully saturated rings. The molecule has 2 atom stereocenters. The second-order valence-electron chi connectivity index (χ2n) is 5.61. The highest BCUT2D eigenvalue weighted by Gasteiger charge is 2.31. The van der Waals surface area contributed by atoms with E-state index in [0.717, 1.165) is 19.4 Å². The van der Waals surface area contributed by atoms with Gasteiger partial charge >= 0.3 is 0 Å². The van der Waals surface area contributed by atoms with Crippen LogP contribution in [0.5, 0.6) is 0 Å². The zero-order chi connectivity index (χ0) is 15.2. The van der Waals surface area contributed by atoms with Crippen LogP contribution >= 0.6 is 0 Å². The Hall–Kier alpha value is -1.46. The van der Waals surface area contributed by atoms with Gasteiger partial charge in [0.2, 0.25) is 5.91 Å². The van der Waals surface area contributed by atoms with Gasteiger partial charge in [-0.25, -0.2) is 4.39 Å². The molecule has 0 radical (unpaired) electrons. The lowest BCUT2D eigenvalue weighted by molar-refractivity contribution is -0.118. The predicted octanol–water partition coefficient (Wildman–Crippen LogP) is 2.21. The Morgan fingerprint density at radius 1 is 1.38 bits per heavy atom. The minimum absolute atomic E-state index is 0.0638. The monoisotopic (exact) mass is 293 g/mol. The number of likely N-dealkylation sites (N-methyl/N-ethyl adjacent to an activating group) is 1. The largest absolute Gasteiger partial charge is 0.330 e. The van der Waals surface area contributed by atoms with Gasteiger partial charge < -0.3 is 11.1 Å². The van der Waals surface area contributed by atoms with Crippen LogP contribution in [-0.2, 0) is 4.79 Å². The molecule has 0 spiro atoms. The fourth-order valence-electron chi connectivity index (χ4n) is 3.15. The number of nitrogens with two attached hydrogens (primary N) is 1. The third kappa shape index (κ3) is 4.25. The quantitative estimate of drug-likeness (QED) is 0.845. The van der Waals surface area contributed by atoms with Crippen molar-refractivity contribution in [1.82, 2.24) is 4.90 Å². The molecule has 1 aliphatic carbocycles. The van der Waals surface area contributed by atoms with E-state index in [1.807, 2.05) is 0 Å². The number of halogens is 1. The summed E-state index contributed by atoms with van der Waals surface area (Å²) < 4.78 is 12.8. The SMILES string of the molecule is CCN(CC(=O)Nc1ccc(F)cc1)C1CCCC1CN. The maximum Gasteiger partial charge on any atom is 0.238 e. The number of hydrogen-bond donors (Lipinski definition) is 2. The lowest BCUT2D eigenvalue weighted by Gasteiger charge is -2.31. The second kappa shape index (κ2) is 7.52. The molecule has 0 saturated heterocycles. The van der Waals surface area contributed by atoms with E-state index in [-0.39, 0.29) is 11.7 Å². The molecular formula is C16H24FN3O. The van der Waals surface area contributed by atoms with E-state index in [2.05, 4.69) is 17.1 Å². The summed E-state index contributed by atoms with van der Waals surface area (Å²) in [5.74, 6) is 0.120. The van der Waals surface area contributed by atoms with Crippen molar-refractivity contribution in [1.29, 1.82) is 0 Å². The number of hydrogen-bond acceptors (Lipinski definition) is 3. The molecule has 116 valence electrons. The first-order valence-electron chi connectivity index (χ1n) is 7.63. The zero-order valence-corrected chi connectivity index (χ0v) is 12.5. The van der Waals surface area contributed by atoms with Crippen molar-refractivity contribution < 1.29 is 9.18 Å². The summed E-state index contributed by atoms with van der Waals surface area (Å²) in [5, 5.41) is 2.81. The highest BCUT2D eigenvalue weighted by atomic mass is 19.1. The van der Waals surface area contributed by atoms with E-state index in [1.54, 1.807) is 12.1 Å². The van der Waals surface area contributed by atoms with Gasteiger partial charge in [0.1, 0.15) is 5.82 Å². The van der Waals surface area contributed by atoms with Gasteiger partial charge in [0.05, 0.1) is 6.54 Å². The summed E-state index contributed by atoms with van der Waals surface area (Å²) in [6.07, 6.45) is 3.44. The summed E-state index contributed by atoms with van der Waals surface area (Å²) in [7, 11) is 0. The molecular weight excluding hydrogens is 269 g/mol. The van der Waals surface area contributed by atoms with Crippen LogP contribution in [0.15, 0.2) is 24.3 Å². The molecule has 1 aromatic rings. The highest BCUT2D eigenvalue weighted by molar-refractivity contribution is 5.92. The Bertz CT molecular complexity index is 463. The summed E-state index contributed by atoms with van der Waals surface area (Å²) in [4.78, 5) is 14.3. The van der Waals surface area contributed by atoms with Crippen LogP contribution in [0.3, 0.4) is 0 Å². The topological polar surface area (TPSA) is 58.4 Å². The third-order valence-corrected chi connectivity index (χ3v) is 4.27. The number of nitrogens with one attached hydrogen (secondary N) is 1. The molecule has 0 bridgehead atoms. The molecule has 2 unspecified atom stereocenters. The number of benzene rings is 1. The van der Waals surface area contributed by atoms with Crippen LogP contribution in [0.25, 0.3) is 0 Å². The second-order valence-corrected chi connectivity index (χ2v) is 5.61. The van der Waals surface area contributed by atoms with Crippen molar-refractivity contribution in [3.05, 3.63) is 30.1 Å². The Morgan fingerprint density at radius 3 is 2.71 bits per heavy atom. The van der Waals surface area contributed by atoms with E-state index in [0.29, 0.717) is 30.7 Å². The van der Waals surface area contributed by atoms with Gasteiger partial charge in [-0.15, -0.1) is 0 Å². The zero-order valence-electron chi connectivity index (χ0n) is 12.5. The van der Waals surface area contributed by atoms with Crippen LogP contribution in [-0.4, -0.2) is 36.5 Å². The Labute approximate surface area is 125 Å². The van der Waals surface area contributed by atoms with Crippen LogP contribution in [0, 0.1) is 11.7 Å². The third-order valence-electron chi connectivity index (χ3n) is 4.27. The predicted molar refractivity (Wildman–Crippen MR) is 82.5 cm³/mol. The number of rotatable bonds is 6. The van der Waals surface area contributed by atoms with Crippen molar-refractivity contribution in [2.24, 2.45) is 11.7 Å². The van der Waals surface area contributed by atoms with Crippen molar-refractivity contribution in [3.8, 4) is 0 Å². The van der Waals surface area contributed by atoms with Gasteiger partial charge in [0.25, 0.3) is 0 Å². The van der Waals surface area contributed by atoms with Crippen LogP contribution in [0.4, 0.5) is 10.1 Å². The van der Waals surface area contributed by atoms with Gasteiger partial charge in [-0.1, -0.05) is 13.3 Å². The molecule has 2 rings (SSSR count). The molecule has 21 heavy (non-hydrogen) atoms. The van der Waals surface area contributed by atoms with Gasteiger partial charge in [0, 0.05) is 11.7 Å². The standard InChI is InChI=1S/C16H24FN3O/c1-2-20(15-5-3-4-12(15)10-18)11-16(21)19-14-8-6-13(17)7-9-14/h6-9,12,15H,2-5,10-11,18H2,1H3,(H,19,21). The average Bonchev–Trinajstić information content (AvgIpc) is 2.95. The summed E-state index contributed by atoms with van der Waals surface area (Å²) in [5.41, 5.74) is 6.45. The van der Waals surface area contributed by atoms with Gasteiger partial charge in [-0.3, -0.25) is 9.69 Å². The average molecular weight is 293 g/mol. The van der Waals surface area contributed by atoms with E-state index in [1.165, 1.54) is 18.6 Å². The summed E-state index contributed by atoms with van der Waals surface area (Å²) in [6, 6.07) is 6.23. The van der Waals surface area contributed by atoms with Crippen molar-refractivity contribution in [3.63, 3.8) is 0 Å². The molecule has 1 amide bonds. The molecule has 5 heteroatoms. The molecule has 0 heterocycles. The lowest BCUT2D eigenvalue weighted by atomic mass is 10.0. The lowest BCUT2D eigenvalue weighted by Crippen LogP contribution is -2.44. The normalized spacial score (nSPS) is 21.7. The fourth-order valence-corrected chi connectivity index (χ4v) is 3.15. The minimum Gasteiger partial charge on any atom is -0.330 e. The maximum absolute atomic E-state index is 12.8.